The van der Waals surface area contributed by atoms with Gasteiger partial charge in [-0.2, -0.15) is 0 Å². The number of carbonyl (C=O) groups excluding carboxylic acids is 1. The molecule has 0 fully saturated rings. The highest BCUT2D eigenvalue weighted by atomic mass is 16.1. The van der Waals surface area contributed by atoms with Gasteiger partial charge in [-0.05, 0) is 19.1 Å². The molecule has 0 saturated carbocycles. The second kappa shape index (κ2) is 5.18. The molecule has 0 bridgehead atoms. The maximum Gasteiger partial charge on any atom is 0.250 e. The van der Waals surface area contributed by atoms with Gasteiger partial charge in [0, 0.05) is 18.3 Å². The molecule has 0 aliphatic heterocycles. The number of amides is 1. The lowest BCUT2D eigenvalue weighted by Gasteiger charge is -1.98. The van der Waals surface area contributed by atoms with E-state index in [1.807, 2.05) is 0 Å². The molecule has 0 radical (unpaired) electrons. The zero-order chi connectivity index (χ0) is 9.56. The Labute approximate surface area is 72.6 Å². The average molecular weight is 166 g/mol. The highest BCUT2D eigenvalue weighted by molar-refractivity contribution is 5.95. The standard InChI is InChI=1S/C9H14N2O/c1-4-8(9(12)11-3)6-5-7(2)10/h4-6H,2,10H2,1,3H3,(H,11,12)/b6-5-,8-4+. The van der Waals surface area contributed by atoms with E-state index < -0.39 is 0 Å². The Bertz CT molecular complexity index is 239. The largest absolute Gasteiger partial charge is 0.399 e. The van der Waals surface area contributed by atoms with Gasteiger partial charge < -0.3 is 11.1 Å². The number of hydrogen-bond donors (Lipinski definition) is 2. The van der Waals surface area contributed by atoms with Crippen LogP contribution in [0.15, 0.2) is 36.1 Å². The minimum atomic E-state index is -0.130. The Balaban J connectivity index is 4.40. The van der Waals surface area contributed by atoms with Gasteiger partial charge in [0.1, 0.15) is 0 Å². The van der Waals surface area contributed by atoms with Crippen molar-refractivity contribution in [2.24, 2.45) is 5.73 Å². The highest BCUT2D eigenvalue weighted by Gasteiger charge is 1.99. The number of rotatable bonds is 3. The summed E-state index contributed by atoms with van der Waals surface area (Å²) in [6, 6.07) is 0. The highest BCUT2D eigenvalue weighted by Crippen LogP contribution is 1.97. The molecule has 0 rings (SSSR count). The molecule has 12 heavy (non-hydrogen) atoms. The molecule has 0 aromatic heterocycles. The first-order valence-electron chi connectivity index (χ1n) is 3.62. The van der Waals surface area contributed by atoms with Crippen molar-refractivity contribution < 1.29 is 4.79 Å². The van der Waals surface area contributed by atoms with Crippen molar-refractivity contribution in [2.45, 2.75) is 6.92 Å². The third-order valence-electron chi connectivity index (χ3n) is 1.28. The lowest BCUT2D eigenvalue weighted by Crippen LogP contribution is -2.18. The van der Waals surface area contributed by atoms with Crippen molar-refractivity contribution in [3.05, 3.63) is 36.1 Å². The molecular weight excluding hydrogens is 152 g/mol. The Morgan fingerprint density at radius 2 is 2.08 bits per heavy atom. The van der Waals surface area contributed by atoms with Gasteiger partial charge in [-0.3, -0.25) is 4.79 Å². The topological polar surface area (TPSA) is 55.1 Å². The van der Waals surface area contributed by atoms with Crippen molar-refractivity contribution in [3.63, 3.8) is 0 Å². The third kappa shape index (κ3) is 3.61. The maximum atomic E-state index is 11.1. The van der Waals surface area contributed by atoms with Crippen molar-refractivity contribution in [3.8, 4) is 0 Å². The van der Waals surface area contributed by atoms with Crippen LogP contribution in [0.4, 0.5) is 0 Å². The zero-order valence-electron chi connectivity index (χ0n) is 7.42. The van der Waals surface area contributed by atoms with E-state index in [2.05, 4.69) is 11.9 Å². The van der Waals surface area contributed by atoms with Crippen LogP contribution in [0.1, 0.15) is 6.92 Å². The van der Waals surface area contributed by atoms with Crippen LogP contribution >= 0.6 is 0 Å². The van der Waals surface area contributed by atoms with E-state index in [9.17, 15) is 4.79 Å². The van der Waals surface area contributed by atoms with Gasteiger partial charge in [-0.15, -0.1) is 0 Å². The van der Waals surface area contributed by atoms with E-state index in [-0.39, 0.29) is 5.91 Å². The molecule has 0 aromatic rings. The fraction of sp³-hybridized carbons (Fsp3) is 0.222. The SMILES string of the molecule is C=C(N)/C=C\C(=C/C)C(=O)NC. The number of nitrogens with two attached hydrogens (primary N) is 1. The van der Waals surface area contributed by atoms with E-state index in [0.29, 0.717) is 11.3 Å². The summed E-state index contributed by atoms with van der Waals surface area (Å²) in [4.78, 5) is 11.1. The van der Waals surface area contributed by atoms with Crippen molar-refractivity contribution in [2.75, 3.05) is 7.05 Å². The normalized spacial score (nSPS) is 11.7. The van der Waals surface area contributed by atoms with Gasteiger partial charge in [-0.1, -0.05) is 12.7 Å². The Morgan fingerprint density at radius 1 is 1.50 bits per heavy atom. The van der Waals surface area contributed by atoms with E-state index in [1.165, 1.54) is 0 Å². The van der Waals surface area contributed by atoms with Crippen LogP contribution < -0.4 is 11.1 Å². The Morgan fingerprint density at radius 3 is 2.42 bits per heavy atom. The van der Waals surface area contributed by atoms with Crippen LogP contribution in [0.3, 0.4) is 0 Å². The predicted molar refractivity (Wildman–Crippen MR) is 50.3 cm³/mol. The van der Waals surface area contributed by atoms with E-state index in [0.717, 1.165) is 0 Å². The smallest absolute Gasteiger partial charge is 0.250 e. The first kappa shape index (κ1) is 10.5. The summed E-state index contributed by atoms with van der Waals surface area (Å²) in [6.45, 7) is 5.26. The fourth-order valence-electron chi connectivity index (χ4n) is 0.644. The number of allylic oxidation sites excluding steroid dienone is 2. The fourth-order valence-corrected chi connectivity index (χ4v) is 0.644. The predicted octanol–water partition coefficient (Wildman–Crippen LogP) is 0.707. The zero-order valence-corrected chi connectivity index (χ0v) is 7.42. The molecule has 0 heterocycles. The average Bonchev–Trinajstić information content (AvgIpc) is 2.04. The summed E-state index contributed by atoms with van der Waals surface area (Å²) in [5, 5.41) is 2.51. The van der Waals surface area contributed by atoms with E-state index >= 15 is 0 Å². The minimum Gasteiger partial charge on any atom is -0.399 e. The van der Waals surface area contributed by atoms with Gasteiger partial charge in [0.2, 0.25) is 0 Å². The van der Waals surface area contributed by atoms with Crippen LogP contribution in [0.25, 0.3) is 0 Å². The first-order valence-corrected chi connectivity index (χ1v) is 3.62. The molecular formula is C9H14N2O. The summed E-state index contributed by atoms with van der Waals surface area (Å²) in [5.74, 6) is -0.130. The molecule has 3 nitrogen and oxygen atoms in total. The molecule has 0 saturated heterocycles. The third-order valence-corrected chi connectivity index (χ3v) is 1.28. The van der Waals surface area contributed by atoms with Gasteiger partial charge in [0.05, 0.1) is 0 Å². The van der Waals surface area contributed by atoms with Gasteiger partial charge in [0.15, 0.2) is 0 Å². The quantitative estimate of drug-likeness (QED) is 0.479. The molecule has 0 aromatic carbocycles. The number of nitrogens with one attached hydrogen (secondary N) is 1. The first-order chi connectivity index (χ1) is 5.61. The van der Waals surface area contributed by atoms with Crippen LogP contribution in [0.2, 0.25) is 0 Å². The molecule has 1 amide bonds. The molecule has 66 valence electrons. The van der Waals surface area contributed by atoms with Crippen molar-refractivity contribution in [1.82, 2.24) is 5.32 Å². The Kier molecular flexibility index (Phi) is 4.53. The molecule has 0 aliphatic carbocycles. The van der Waals surface area contributed by atoms with Crippen LogP contribution in [0, 0.1) is 0 Å². The molecule has 0 aliphatic rings. The van der Waals surface area contributed by atoms with Gasteiger partial charge >= 0.3 is 0 Å². The van der Waals surface area contributed by atoms with Crippen LogP contribution in [-0.2, 0) is 4.79 Å². The molecule has 0 atom stereocenters. The van der Waals surface area contributed by atoms with Crippen LogP contribution in [0.5, 0.6) is 0 Å². The van der Waals surface area contributed by atoms with Gasteiger partial charge in [0.25, 0.3) is 5.91 Å². The lowest BCUT2D eigenvalue weighted by molar-refractivity contribution is -0.116. The van der Waals surface area contributed by atoms with E-state index in [1.54, 1.807) is 32.2 Å². The van der Waals surface area contributed by atoms with Crippen molar-refractivity contribution >= 4 is 5.91 Å². The summed E-state index contributed by atoms with van der Waals surface area (Å²) in [6.07, 6.45) is 4.92. The Hall–Kier alpha value is -1.51. The molecule has 0 spiro atoms. The summed E-state index contributed by atoms with van der Waals surface area (Å²) in [5.41, 5.74) is 6.30. The second-order valence-electron chi connectivity index (χ2n) is 2.23. The monoisotopic (exact) mass is 166 g/mol. The lowest BCUT2D eigenvalue weighted by atomic mass is 10.2. The second-order valence-corrected chi connectivity index (χ2v) is 2.23. The summed E-state index contributed by atoms with van der Waals surface area (Å²) in [7, 11) is 1.58. The van der Waals surface area contributed by atoms with E-state index in [4.69, 9.17) is 5.73 Å². The number of carbonyl (C=O) groups is 1. The maximum absolute atomic E-state index is 11.1. The summed E-state index contributed by atoms with van der Waals surface area (Å²) >= 11 is 0. The molecule has 3 N–H and O–H groups in total. The van der Waals surface area contributed by atoms with Crippen LogP contribution in [-0.4, -0.2) is 13.0 Å². The molecule has 3 heteroatoms. The van der Waals surface area contributed by atoms with Gasteiger partial charge in [-0.25, -0.2) is 0 Å². The molecule has 0 unspecified atom stereocenters. The number of hydrogen-bond acceptors (Lipinski definition) is 2. The minimum absolute atomic E-state index is 0.130. The van der Waals surface area contributed by atoms with Crippen molar-refractivity contribution in [1.29, 1.82) is 0 Å². The summed E-state index contributed by atoms with van der Waals surface area (Å²) < 4.78 is 0. The number of likely N-dealkylation sites (N-methyl/N-ethyl adjacent to an activating group) is 1.